The highest BCUT2D eigenvalue weighted by atomic mass is 35.5. The van der Waals surface area contributed by atoms with Crippen molar-refractivity contribution in [3.8, 4) is 0 Å². The van der Waals surface area contributed by atoms with Crippen molar-refractivity contribution in [3.05, 3.63) is 58.1 Å². The number of nitrogens with two attached hydrogens (primary N) is 1. The molecule has 3 fully saturated rings. The van der Waals surface area contributed by atoms with E-state index in [4.69, 9.17) is 17.3 Å². The Labute approximate surface area is 289 Å². The minimum Gasteiger partial charge on any atom is -0.397 e. The summed E-state index contributed by atoms with van der Waals surface area (Å²) in [6.07, 6.45) is -2.27. The van der Waals surface area contributed by atoms with Gasteiger partial charge in [-0.2, -0.15) is 13.2 Å². The second-order valence-corrected chi connectivity index (χ2v) is 14.0. The van der Waals surface area contributed by atoms with Crippen molar-refractivity contribution in [1.29, 1.82) is 0 Å². The zero-order chi connectivity index (χ0) is 34.9. The summed E-state index contributed by atoms with van der Waals surface area (Å²) in [5.74, 6) is -0.342. The first-order valence-electron chi connectivity index (χ1n) is 16.9. The standard InChI is InChI=1S/C34H44ClF3N8O3/c1-42-14-16-43(17-15-42)24-6-10-44(11-7-24)31(47)29(20-22-18-26(34(36,37)38)30(39)27(35)19-22)41-32(48)45-12-8-25(9-13-45)46-21-23-4-2-3-5-28(23)40-33(46)49/h2-5,18-19,24-25,29H,6-17,20-21,39H2,1H3,(H,40,49)(H,41,48)/t29-/m1/s1. The van der Waals surface area contributed by atoms with Crippen molar-refractivity contribution in [2.75, 3.05) is 70.5 Å². The molecule has 49 heavy (non-hydrogen) atoms. The molecule has 0 saturated carbocycles. The van der Waals surface area contributed by atoms with Crippen LogP contribution in [0, 0.1) is 0 Å². The van der Waals surface area contributed by atoms with Crippen LogP contribution in [0.3, 0.4) is 0 Å². The molecule has 2 aromatic carbocycles. The van der Waals surface area contributed by atoms with E-state index in [0.29, 0.717) is 51.6 Å². The van der Waals surface area contributed by atoms with E-state index in [9.17, 15) is 27.6 Å². The van der Waals surface area contributed by atoms with Gasteiger partial charge in [0.25, 0.3) is 0 Å². The van der Waals surface area contributed by atoms with Crippen molar-refractivity contribution in [2.45, 2.75) is 63.0 Å². The van der Waals surface area contributed by atoms with Gasteiger partial charge in [0, 0.05) is 83.1 Å². The van der Waals surface area contributed by atoms with Gasteiger partial charge in [-0.05, 0) is 62.1 Å². The normalized spacial score (nSPS) is 20.9. The summed E-state index contributed by atoms with van der Waals surface area (Å²) in [4.78, 5) is 50.4. The molecular formula is C34H44ClF3N8O3. The number of nitrogen functional groups attached to an aromatic ring is 1. The summed E-state index contributed by atoms with van der Waals surface area (Å²) in [6, 6.07) is 8.38. The Morgan fingerprint density at radius 2 is 1.59 bits per heavy atom. The monoisotopic (exact) mass is 704 g/mol. The Balaban J connectivity index is 1.13. The molecule has 5 amide bonds. The first-order chi connectivity index (χ1) is 23.4. The third-order valence-corrected chi connectivity index (χ3v) is 10.7. The van der Waals surface area contributed by atoms with Crippen molar-refractivity contribution < 1.29 is 27.6 Å². The molecule has 0 spiro atoms. The molecule has 6 rings (SSSR count). The van der Waals surface area contributed by atoms with E-state index >= 15 is 0 Å². The van der Waals surface area contributed by atoms with Gasteiger partial charge in [-0.25, -0.2) is 9.59 Å². The predicted octanol–water partition coefficient (Wildman–Crippen LogP) is 4.31. The number of piperidine rings is 2. The zero-order valence-corrected chi connectivity index (χ0v) is 28.4. The summed E-state index contributed by atoms with van der Waals surface area (Å²) < 4.78 is 41.4. The molecule has 4 aliphatic rings. The van der Waals surface area contributed by atoms with Crippen LogP contribution in [-0.4, -0.2) is 120 Å². The van der Waals surface area contributed by atoms with Crippen LogP contribution in [0.5, 0.6) is 0 Å². The van der Waals surface area contributed by atoms with Crippen molar-refractivity contribution in [1.82, 2.24) is 29.8 Å². The molecule has 1 atom stereocenters. The van der Waals surface area contributed by atoms with Crippen LogP contribution in [-0.2, 0) is 23.9 Å². The fraction of sp³-hybridized carbons (Fsp3) is 0.559. The number of nitrogens with zero attached hydrogens (tertiary/aromatic N) is 5. The fourth-order valence-corrected chi connectivity index (χ4v) is 7.70. The lowest BCUT2D eigenvalue weighted by molar-refractivity contribution is -0.137. The smallest absolute Gasteiger partial charge is 0.397 e. The largest absolute Gasteiger partial charge is 0.418 e. The Morgan fingerprint density at radius 3 is 2.27 bits per heavy atom. The molecule has 4 aliphatic heterocycles. The quantitative estimate of drug-likeness (QED) is 0.386. The molecule has 0 aromatic heterocycles. The number of piperazine rings is 1. The lowest BCUT2D eigenvalue weighted by Crippen LogP contribution is -2.58. The first-order valence-corrected chi connectivity index (χ1v) is 17.3. The molecule has 0 unspecified atom stereocenters. The average molecular weight is 705 g/mol. The van der Waals surface area contributed by atoms with Crippen LogP contribution >= 0.6 is 11.6 Å². The number of hydrogen-bond acceptors (Lipinski definition) is 6. The van der Waals surface area contributed by atoms with E-state index in [1.54, 1.807) is 14.7 Å². The number of amides is 5. The summed E-state index contributed by atoms with van der Waals surface area (Å²) in [5, 5.41) is 5.53. The second kappa shape index (κ2) is 14.6. The molecule has 4 heterocycles. The van der Waals surface area contributed by atoms with E-state index in [1.165, 1.54) is 6.07 Å². The molecule has 11 nitrogen and oxygen atoms in total. The molecule has 2 aromatic rings. The molecule has 0 bridgehead atoms. The van der Waals surface area contributed by atoms with Gasteiger partial charge in [-0.1, -0.05) is 29.8 Å². The number of carbonyl (C=O) groups is 3. The van der Waals surface area contributed by atoms with Gasteiger partial charge in [-0.3, -0.25) is 9.69 Å². The number of alkyl halides is 3. The number of para-hydroxylation sites is 1. The third-order valence-electron chi connectivity index (χ3n) is 10.4. The Morgan fingerprint density at radius 1 is 0.959 bits per heavy atom. The molecule has 15 heteroatoms. The number of halogens is 4. The number of fused-ring (bicyclic) bond motifs is 1. The minimum absolute atomic E-state index is 0.0749. The number of nitrogens with one attached hydrogen (secondary N) is 2. The maximum absolute atomic E-state index is 14.0. The van der Waals surface area contributed by atoms with Crippen molar-refractivity contribution >= 4 is 40.9 Å². The van der Waals surface area contributed by atoms with E-state index in [-0.39, 0.29) is 35.0 Å². The lowest BCUT2D eigenvalue weighted by Gasteiger charge is -2.43. The molecule has 0 aliphatic carbocycles. The van der Waals surface area contributed by atoms with Crippen LogP contribution in [0.1, 0.15) is 42.4 Å². The highest BCUT2D eigenvalue weighted by Crippen LogP contribution is 2.38. The van der Waals surface area contributed by atoms with Crippen LogP contribution in [0.15, 0.2) is 36.4 Å². The number of hydrogen-bond donors (Lipinski definition) is 3. The van der Waals surface area contributed by atoms with Gasteiger partial charge in [-0.15, -0.1) is 0 Å². The van der Waals surface area contributed by atoms with Gasteiger partial charge in [0.1, 0.15) is 6.04 Å². The lowest BCUT2D eigenvalue weighted by atomic mass is 9.98. The van der Waals surface area contributed by atoms with Gasteiger partial charge in [0.15, 0.2) is 0 Å². The van der Waals surface area contributed by atoms with Gasteiger partial charge in [0.2, 0.25) is 5.91 Å². The highest BCUT2D eigenvalue weighted by molar-refractivity contribution is 6.33. The number of likely N-dealkylation sites (tertiary alicyclic amines) is 2. The molecule has 266 valence electrons. The number of carbonyl (C=O) groups excluding carboxylic acids is 3. The van der Waals surface area contributed by atoms with E-state index in [2.05, 4.69) is 27.5 Å². The Hall–Kier alpha value is -3.75. The molecule has 4 N–H and O–H groups in total. The fourth-order valence-electron chi connectivity index (χ4n) is 7.46. The average Bonchev–Trinajstić information content (AvgIpc) is 3.09. The zero-order valence-electron chi connectivity index (χ0n) is 27.6. The van der Waals surface area contributed by atoms with Crippen molar-refractivity contribution in [2.24, 2.45) is 0 Å². The van der Waals surface area contributed by atoms with Gasteiger partial charge in [0.05, 0.1) is 16.3 Å². The molecular weight excluding hydrogens is 661 g/mol. The maximum atomic E-state index is 14.0. The predicted molar refractivity (Wildman–Crippen MR) is 181 cm³/mol. The van der Waals surface area contributed by atoms with Gasteiger partial charge >= 0.3 is 18.2 Å². The summed E-state index contributed by atoms with van der Waals surface area (Å²) >= 11 is 6.12. The van der Waals surface area contributed by atoms with E-state index < -0.39 is 29.5 Å². The van der Waals surface area contributed by atoms with Crippen LogP contribution in [0.2, 0.25) is 5.02 Å². The number of likely N-dealkylation sites (N-methyl/N-ethyl adjacent to an activating group) is 1. The number of rotatable bonds is 6. The summed E-state index contributed by atoms with van der Waals surface area (Å²) in [6.45, 7) is 6.10. The Bertz CT molecular complexity index is 1540. The third kappa shape index (κ3) is 8.02. The maximum Gasteiger partial charge on any atom is 0.418 e. The minimum atomic E-state index is -4.74. The Kier molecular flexibility index (Phi) is 10.5. The number of urea groups is 2. The number of benzene rings is 2. The van der Waals surface area contributed by atoms with E-state index in [0.717, 1.165) is 56.3 Å². The number of anilines is 2. The molecule has 0 radical (unpaired) electrons. The van der Waals surface area contributed by atoms with Crippen LogP contribution in [0.25, 0.3) is 0 Å². The van der Waals surface area contributed by atoms with Crippen molar-refractivity contribution in [3.63, 3.8) is 0 Å². The highest BCUT2D eigenvalue weighted by Gasteiger charge is 2.38. The van der Waals surface area contributed by atoms with Crippen LogP contribution in [0.4, 0.5) is 34.1 Å². The van der Waals surface area contributed by atoms with Gasteiger partial charge < -0.3 is 36.0 Å². The summed E-state index contributed by atoms with van der Waals surface area (Å²) in [7, 11) is 2.10. The molecule has 3 saturated heterocycles. The second-order valence-electron chi connectivity index (χ2n) is 13.6. The summed E-state index contributed by atoms with van der Waals surface area (Å²) in [5.41, 5.74) is 5.97. The van der Waals surface area contributed by atoms with Crippen LogP contribution < -0.4 is 16.4 Å². The topological polar surface area (TPSA) is 117 Å². The van der Waals surface area contributed by atoms with E-state index in [1.807, 2.05) is 24.3 Å². The SMILES string of the molecule is CN1CCN(C2CCN(C(=O)[C@@H](Cc3cc(Cl)c(N)c(C(F)(F)F)c3)NC(=O)N3CCC(N4Cc5ccccc5NC4=O)CC3)CC2)CC1. The first kappa shape index (κ1) is 35.1.